The molecule has 0 aromatic heterocycles. The second-order valence-electron chi connectivity index (χ2n) is 10.8. The number of hydrogen-bond donors (Lipinski definition) is 2. The predicted octanol–water partition coefficient (Wildman–Crippen LogP) is 5.43. The summed E-state index contributed by atoms with van der Waals surface area (Å²) in [7, 11) is 0. The van der Waals surface area contributed by atoms with E-state index in [4.69, 9.17) is 5.11 Å². The van der Waals surface area contributed by atoms with Crippen LogP contribution in [0.15, 0.2) is 11.6 Å². The number of aliphatic hydroxyl groups excluding tert-OH is 1. The average Bonchev–Trinajstić information content (AvgIpc) is 2.97. The monoisotopic (exact) mass is 374 g/mol. The quantitative estimate of drug-likeness (QED) is 0.645. The molecule has 2 N–H and O–H groups in total. The number of fused-ring (bicyclic) bond motifs is 5. The van der Waals surface area contributed by atoms with E-state index in [-0.39, 0.29) is 6.10 Å². The van der Waals surface area contributed by atoms with Gasteiger partial charge in [-0.15, -0.1) is 0 Å². The van der Waals surface area contributed by atoms with E-state index in [0.717, 1.165) is 31.6 Å². The van der Waals surface area contributed by atoms with Crippen LogP contribution in [0.25, 0.3) is 0 Å². The Morgan fingerprint density at radius 2 is 1.85 bits per heavy atom. The highest BCUT2D eigenvalue weighted by Crippen LogP contribution is 2.66. The zero-order valence-electron chi connectivity index (χ0n) is 17.4. The molecule has 0 bridgehead atoms. The summed E-state index contributed by atoms with van der Waals surface area (Å²) in [5, 5.41) is 19.3. The average molecular weight is 375 g/mol. The smallest absolute Gasteiger partial charge is 0.303 e. The van der Waals surface area contributed by atoms with Gasteiger partial charge in [0.05, 0.1) is 6.10 Å². The molecule has 152 valence electrons. The minimum Gasteiger partial charge on any atom is -0.481 e. The first-order chi connectivity index (χ1) is 12.8. The van der Waals surface area contributed by atoms with Crippen molar-refractivity contribution in [1.82, 2.24) is 0 Å². The third-order valence-corrected chi connectivity index (χ3v) is 9.63. The number of hydrogen-bond acceptors (Lipinski definition) is 2. The molecule has 0 saturated heterocycles. The van der Waals surface area contributed by atoms with Gasteiger partial charge < -0.3 is 10.2 Å². The van der Waals surface area contributed by atoms with Crippen LogP contribution in [0.1, 0.15) is 85.0 Å². The Bertz CT molecular complexity index is 625. The van der Waals surface area contributed by atoms with Crippen LogP contribution < -0.4 is 0 Å². The maximum atomic E-state index is 11.0. The van der Waals surface area contributed by atoms with Gasteiger partial charge >= 0.3 is 5.97 Å². The summed E-state index contributed by atoms with van der Waals surface area (Å²) in [6.45, 7) is 7.33. The summed E-state index contributed by atoms with van der Waals surface area (Å²) in [5.41, 5.74) is 2.50. The van der Waals surface area contributed by atoms with Crippen LogP contribution in [-0.2, 0) is 4.79 Å². The van der Waals surface area contributed by atoms with E-state index in [1.807, 2.05) is 0 Å². The molecule has 3 fully saturated rings. The van der Waals surface area contributed by atoms with E-state index < -0.39 is 5.97 Å². The number of aliphatic carboxylic acids is 1. The molecule has 0 heterocycles. The predicted molar refractivity (Wildman–Crippen MR) is 107 cm³/mol. The first-order valence-corrected chi connectivity index (χ1v) is 11.4. The largest absolute Gasteiger partial charge is 0.481 e. The van der Waals surface area contributed by atoms with Crippen molar-refractivity contribution in [3.8, 4) is 0 Å². The van der Waals surface area contributed by atoms with Crippen LogP contribution >= 0.6 is 0 Å². The molecule has 0 aliphatic heterocycles. The van der Waals surface area contributed by atoms with Crippen molar-refractivity contribution in [2.75, 3.05) is 0 Å². The topological polar surface area (TPSA) is 57.5 Å². The number of aliphatic hydroxyl groups is 1. The van der Waals surface area contributed by atoms with E-state index in [0.29, 0.717) is 40.9 Å². The summed E-state index contributed by atoms with van der Waals surface area (Å²) >= 11 is 0. The summed E-state index contributed by atoms with van der Waals surface area (Å²) in [5.74, 6) is 2.60. The molecule has 3 saturated carbocycles. The summed E-state index contributed by atoms with van der Waals surface area (Å²) in [6, 6.07) is 0. The summed E-state index contributed by atoms with van der Waals surface area (Å²) in [6.07, 6.45) is 13.1. The Morgan fingerprint density at radius 1 is 1.15 bits per heavy atom. The molecule has 0 amide bonds. The van der Waals surface area contributed by atoms with Crippen molar-refractivity contribution in [1.29, 1.82) is 0 Å². The molecule has 3 heteroatoms. The first kappa shape index (κ1) is 19.5. The maximum Gasteiger partial charge on any atom is 0.303 e. The van der Waals surface area contributed by atoms with E-state index >= 15 is 0 Å². The third kappa shape index (κ3) is 3.09. The van der Waals surface area contributed by atoms with Gasteiger partial charge in [0.1, 0.15) is 0 Å². The fraction of sp³-hybridized carbons (Fsp3) is 0.875. The fourth-order valence-electron chi connectivity index (χ4n) is 8.02. The zero-order valence-corrected chi connectivity index (χ0v) is 17.4. The van der Waals surface area contributed by atoms with Crippen molar-refractivity contribution in [2.45, 2.75) is 91.1 Å². The fourth-order valence-corrected chi connectivity index (χ4v) is 8.02. The molecule has 0 radical (unpaired) electrons. The van der Waals surface area contributed by atoms with Gasteiger partial charge in [0, 0.05) is 6.42 Å². The molecule has 0 unspecified atom stereocenters. The first-order valence-electron chi connectivity index (χ1n) is 11.4. The highest BCUT2D eigenvalue weighted by atomic mass is 16.4. The summed E-state index contributed by atoms with van der Waals surface area (Å²) in [4.78, 5) is 11.0. The second kappa shape index (κ2) is 6.90. The lowest BCUT2D eigenvalue weighted by Crippen LogP contribution is -2.49. The van der Waals surface area contributed by atoms with Crippen molar-refractivity contribution in [3.05, 3.63) is 11.6 Å². The number of carboxylic acids is 1. The van der Waals surface area contributed by atoms with Crippen LogP contribution in [0, 0.1) is 40.4 Å². The van der Waals surface area contributed by atoms with E-state index in [1.54, 1.807) is 5.57 Å². The van der Waals surface area contributed by atoms with E-state index in [2.05, 4.69) is 26.8 Å². The molecule has 3 nitrogen and oxygen atoms in total. The Labute approximate surface area is 164 Å². The van der Waals surface area contributed by atoms with Crippen LogP contribution in [0.4, 0.5) is 0 Å². The van der Waals surface area contributed by atoms with Gasteiger partial charge in [-0.3, -0.25) is 4.79 Å². The standard InChI is InChI=1S/C24H38O3/c1-15(4-9-22(26)27)19-7-8-20-18-6-5-16-14-17(25)10-12-23(16,2)21(18)11-13-24(19,20)3/h6,15-17,19-21,25H,4-5,7-14H2,1-3H3,(H,26,27)/t15-,16-,17-,19-,20+,21+,23+,24-/m1/s1. The lowest BCUT2D eigenvalue weighted by molar-refractivity contribution is -0.137. The van der Waals surface area contributed by atoms with Gasteiger partial charge in [0.15, 0.2) is 0 Å². The van der Waals surface area contributed by atoms with Crippen molar-refractivity contribution in [3.63, 3.8) is 0 Å². The highest BCUT2D eigenvalue weighted by Gasteiger charge is 2.58. The molecule has 0 aromatic carbocycles. The Kier molecular flexibility index (Phi) is 4.98. The number of carboxylic acid groups (broad SMARTS) is 1. The second-order valence-corrected chi connectivity index (χ2v) is 10.8. The molecule has 27 heavy (non-hydrogen) atoms. The van der Waals surface area contributed by atoms with Gasteiger partial charge in [-0.1, -0.05) is 32.4 Å². The molecular formula is C24H38O3. The Balaban J connectivity index is 1.55. The number of carbonyl (C=O) groups is 1. The number of allylic oxidation sites excluding steroid dienone is 2. The lowest BCUT2D eigenvalue weighted by atomic mass is 9.47. The van der Waals surface area contributed by atoms with Gasteiger partial charge in [-0.05, 0) is 98.2 Å². The van der Waals surface area contributed by atoms with Crippen molar-refractivity contribution in [2.24, 2.45) is 40.4 Å². The van der Waals surface area contributed by atoms with Gasteiger partial charge in [0.2, 0.25) is 0 Å². The molecule has 4 aliphatic rings. The van der Waals surface area contributed by atoms with Gasteiger partial charge in [0.25, 0.3) is 0 Å². The zero-order chi connectivity index (χ0) is 19.4. The SMILES string of the molecule is C[C@H](CCC(=O)O)[C@H]1CC[C@H]2C3=CC[C@@H]4C[C@H](O)CC[C@]4(C)[C@H]3CC[C@]12C. The van der Waals surface area contributed by atoms with E-state index in [1.165, 1.54) is 32.1 Å². The Hall–Kier alpha value is -0.830. The normalized spacial score (nSPS) is 47.4. The maximum absolute atomic E-state index is 11.0. The third-order valence-electron chi connectivity index (χ3n) is 9.63. The molecular weight excluding hydrogens is 336 g/mol. The molecule has 4 aliphatic carbocycles. The van der Waals surface area contributed by atoms with E-state index in [9.17, 15) is 9.90 Å². The van der Waals surface area contributed by atoms with Crippen molar-refractivity contribution >= 4 is 5.97 Å². The van der Waals surface area contributed by atoms with Gasteiger partial charge in [-0.2, -0.15) is 0 Å². The summed E-state index contributed by atoms with van der Waals surface area (Å²) < 4.78 is 0. The Morgan fingerprint density at radius 3 is 2.59 bits per heavy atom. The molecule has 0 aromatic rings. The van der Waals surface area contributed by atoms with Gasteiger partial charge in [-0.25, -0.2) is 0 Å². The minimum atomic E-state index is -0.654. The van der Waals surface area contributed by atoms with Crippen LogP contribution in [0.3, 0.4) is 0 Å². The minimum absolute atomic E-state index is 0.0853. The van der Waals surface area contributed by atoms with Crippen molar-refractivity contribution < 1.29 is 15.0 Å². The highest BCUT2D eigenvalue weighted by molar-refractivity contribution is 5.66. The molecule has 4 rings (SSSR count). The molecule has 8 atom stereocenters. The van der Waals surface area contributed by atoms with Crippen LogP contribution in [-0.4, -0.2) is 22.3 Å². The molecule has 0 spiro atoms. The van der Waals surface area contributed by atoms with Crippen LogP contribution in [0.2, 0.25) is 0 Å². The van der Waals surface area contributed by atoms with Crippen LogP contribution in [0.5, 0.6) is 0 Å². The lowest BCUT2D eigenvalue weighted by Gasteiger charge is -2.57. The number of rotatable bonds is 4.